The molecule has 1 heterocycles. The van der Waals surface area contributed by atoms with E-state index >= 15 is 0 Å². The molecule has 2 N–H and O–H groups in total. The highest BCUT2D eigenvalue weighted by Gasteiger charge is 2.37. The molecule has 1 aliphatic heterocycles. The van der Waals surface area contributed by atoms with Crippen molar-refractivity contribution in [2.24, 2.45) is 0 Å². The lowest BCUT2D eigenvalue weighted by Gasteiger charge is -2.36. The molecule has 2 rings (SSSR count). The van der Waals surface area contributed by atoms with Crippen LogP contribution in [0, 0.1) is 5.82 Å². The molecule has 1 aliphatic rings. The van der Waals surface area contributed by atoms with E-state index in [1.54, 1.807) is 13.0 Å². The minimum atomic E-state index is -1.97. The van der Waals surface area contributed by atoms with Crippen LogP contribution in [0.4, 0.5) is 15.8 Å². The Balaban J connectivity index is 2.31. The molecule has 1 aromatic rings. The summed E-state index contributed by atoms with van der Waals surface area (Å²) in [5.41, 5.74) is 1.21. The van der Waals surface area contributed by atoms with Gasteiger partial charge in [0.2, 0.25) is 5.91 Å². The van der Waals surface area contributed by atoms with E-state index in [1.165, 1.54) is 0 Å². The van der Waals surface area contributed by atoms with Gasteiger partial charge in [0.25, 0.3) is 0 Å². The van der Waals surface area contributed by atoms with E-state index in [1.807, 2.05) is 0 Å². The number of benzene rings is 1. The number of carbonyl (C=O) groups excluding carboxylic acids is 1. The van der Waals surface area contributed by atoms with Crippen molar-refractivity contribution in [1.82, 2.24) is 0 Å². The summed E-state index contributed by atoms with van der Waals surface area (Å²) in [6.45, 7) is 12.6. The zero-order chi connectivity index (χ0) is 17.6. The molecule has 1 aromatic carbocycles. The molecule has 7 heteroatoms. The molecule has 0 aromatic heterocycles. The van der Waals surface area contributed by atoms with Crippen LogP contribution in [0.2, 0.25) is 18.1 Å². The Bertz CT molecular complexity index is 644. The monoisotopic (exact) mass is 402 g/mol. The van der Waals surface area contributed by atoms with Crippen molar-refractivity contribution in [3.8, 4) is 0 Å². The highest BCUT2D eigenvalue weighted by molar-refractivity contribution is 9.10. The van der Waals surface area contributed by atoms with Crippen LogP contribution in [-0.2, 0) is 15.8 Å². The molecular formula is C16H24BrFN2O2Si. The fourth-order valence-electron chi connectivity index (χ4n) is 2.03. The minimum absolute atomic E-state index is 0.0557. The second kappa shape index (κ2) is 6.18. The Morgan fingerprint density at radius 1 is 1.35 bits per heavy atom. The first-order valence-electron chi connectivity index (χ1n) is 7.66. The third-order valence-electron chi connectivity index (χ3n) is 4.69. The zero-order valence-corrected chi connectivity index (χ0v) is 17.0. The zero-order valence-electron chi connectivity index (χ0n) is 14.4. The van der Waals surface area contributed by atoms with Crippen LogP contribution in [0.15, 0.2) is 10.5 Å². The van der Waals surface area contributed by atoms with E-state index in [2.05, 4.69) is 60.4 Å². The third-order valence-corrected chi connectivity index (χ3v) is 9.79. The molecule has 0 spiro atoms. The van der Waals surface area contributed by atoms with Gasteiger partial charge in [-0.2, -0.15) is 0 Å². The van der Waals surface area contributed by atoms with Crippen LogP contribution in [0.3, 0.4) is 0 Å². The van der Waals surface area contributed by atoms with Crippen molar-refractivity contribution >= 4 is 41.5 Å². The number of fused-ring (bicyclic) bond motifs is 1. The van der Waals surface area contributed by atoms with E-state index in [9.17, 15) is 9.18 Å². The number of anilines is 2. The lowest BCUT2D eigenvalue weighted by Crippen LogP contribution is -2.40. The first kappa shape index (κ1) is 18.4. The average Bonchev–Trinajstić information content (AvgIpc) is 2.42. The van der Waals surface area contributed by atoms with E-state index < -0.39 is 20.2 Å². The van der Waals surface area contributed by atoms with Gasteiger partial charge < -0.3 is 15.1 Å². The van der Waals surface area contributed by atoms with Gasteiger partial charge in [0, 0.05) is 10.0 Å². The molecule has 1 unspecified atom stereocenters. The van der Waals surface area contributed by atoms with Crippen LogP contribution >= 0.6 is 15.9 Å². The lowest BCUT2D eigenvalue weighted by molar-refractivity contribution is -0.116. The second-order valence-corrected chi connectivity index (χ2v) is 13.1. The molecule has 4 nitrogen and oxygen atoms in total. The van der Waals surface area contributed by atoms with Crippen molar-refractivity contribution in [3.05, 3.63) is 21.9 Å². The van der Waals surface area contributed by atoms with Gasteiger partial charge in [0.1, 0.15) is 11.7 Å². The highest BCUT2D eigenvalue weighted by Crippen LogP contribution is 2.40. The molecule has 0 saturated heterocycles. The number of nitrogens with one attached hydrogen (secondary N) is 2. The lowest BCUT2D eigenvalue weighted by atomic mass is 10.1. The van der Waals surface area contributed by atoms with Crippen molar-refractivity contribution in [3.63, 3.8) is 0 Å². The molecule has 0 radical (unpaired) electrons. The van der Waals surface area contributed by atoms with Gasteiger partial charge in [-0.1, -0.05) is 20.8 Å². The van der Waals surface area contributed by atoms with E-state index in [0.717, 1.165) is 4.47 Å². The summed E-state index contributed by atoms with van der Waals surface area (Å²) in [4.78, 5) is 11.8. The first-order valence-corrected chi connectivity index (χ1v) is 11.4. The van der Waals surface area contributed by atoms with Crippen molar-refractivity contribution in [2.75, 3.05) is 10.6 Å². The van der Waals surface area contributed by atoms with Crippen LogP contribution in [-0.4, -0.2) is 20.3 Å². The predicted molar refractivity (Wildman–Crippen MR) is 97.8 cm³/mol. The number of rotatable bonds is 3. The third kappa shape index (κ3) is 3.61. The number of amides is 1. The molecule has 0 aliphatic carbocycles. The summed E-state index contributed by atoms with van der Waals surface area (Å²) in [5.74, 6) is -0.680. The maximum atomic E-state index is 14.8. The molecule has 0 saturated carbocycles. The van der Waals surface area contributed by atoms with E-state index in [-0.39, 0.29) is 23.2 Å². The smallest absolute Gasteiger partial charge is 0.246 e. The predicted octanol–water partition coefficient (Wildman–Crippen LogP) is 4.86. The summed E-state index contributed by atoms with van der Waals surface area (Å²) < 4.78 is 21.6. The van der Waals surface area contributed by atoms with Crippen LogP contribution < -0.4 is 10.6 Å². The summed E-state index contributed by atoms with van der Waals surface area (Å²) in [7, 11) is -1.97. The largest absolute Gasteiger partial charge is 0.412 e. The van der Waals surface area contributed by atoms with Gasteiger partial charge in [0.15, 0.2) is 14.1 Å². The molecule has 0 bridgehead atoms. The fraction of sp³-hybridized carbons (Fsp3) is 0.562. The molecule has 128 valence electrons. The van der Waals surface area contributed by atoms with Crippen LogP contribution in [0.25, 0.3) is 0 Å². The quantitative estimate of drug-likeness (QED) is 0.709. The Labute approximate surface area is 146 Å². The van der Waals surface area contributed by atoms with Gasteiger partial charge in [-0.05, 0) is 47.1 Å². The first-order chi connectivity index (χ1) is 10.4. The number of carbonyl (C=O) groups is 1. The number of hydrogen-bond acceptors (Lipinski definition) is 3. The van der Waals surface area contributed by atoms with Gasteiger partial charge in [-0.3, -0.25) is 4.79 Å². The van der Waals surface area contributed by atoms with Crippen LogP contribution in [0.1, 0.15) is 33.3 Å². The second-order valence-electron chi connectivity index (χ2n) is 7.49. The topological polar surface area (TPSA) is 50.4 Å². The van der Waals surface area contributed by atoms with Crippen molar-refractivity contribution in [2.45, 2.75) is 58.5 Å². The fourth-order valence-corrected chi connectivity index (χ4v) is 3.57. The summed E-state index contributed by atoms with van der Waals surface area (Å²) in [5, 5.41) is 5.70. The van der Waals surface area contributed by atoms with E-state index in [0.29, 0.717) is 11.3 Å². The van der Waals surface area contributed by atoms with Gasteiger partial charge in [-0.25, -0.2) is 4.39 Å². The minimum Gasteiger partial charge on any atom is -0.412 e. The summed E-state index contributed by atoms with van der Waals surface area (Å²) in [6, 6.07) is 1.32. The van der Waals surface area contributed by atoms with Gasteiger partial charge in [-0.15, -0.1) is 0 Å². The average molecular weight is 403 g/mol. The SMILES string of the molecule is CC1Nc2c(Br)cc(CO[Si](C)(C)C(C)(C)C)c(F)c2NC1=O. The van der Waals surface area contributed by atoms with E-state index in [4.69, 9.17) is 4.43 Å². The highest BCUT2D eigenvalue weighted by atomic mass is 79.9. The summed E-state index contributed by atoms with van der Waals surface area (Å²) >= 11 is 3.45. The molecule has 1 amide bonds. The summed E-state index contributed by atoms with van der Waals surface area (Å²) in [6.07, 6.45) is 0. The molecule has 0 fully saturated rings. The standard InChI is InChI=1S/C16H24BrFN2O2Si/c1-9-15(21)20-14-12(18)10(7-11(17)13(14)19-9)8-22-23(5,6)16(2,3)4/h7,9,19H,8H2,1-6H3,(H,20,21). The van der Waals surface area contributed by atoms with Gasteiger partial charge in [0.05, 0.1) is 12.3 Å². The number of hydrogen-bond donors (Lipinski definition) is 2. The maximum absolute atomic E-state index is 14.8. The van der Waals surface area contributed by atoms with Crippen molar-refractivity contribution < 1.29 is 13.6 Å². The molecular weight excluding hydrogens is 379 g/mol. The Morgan fingerprint density at radius 2 is 1.96 bits per heavy atom. The number of halogens is 2. The Morgan fingerprint density at radius 3 is 2.52 bits per heavy atom. The van der Waals surface area contributed by atoms with Gasteiger partial charge >= 0.3 is 0 Å². The Kier molecular flexibility index (Phi) is 4.95. The van der Waals surface area contributed by atoms with Crippen molar-refractivity contribution in [1.29, 1.82) is 0 Å². The normalized spacial score (nSPS) is 18.3. The Hall–Kier alpha value is -0.923. The van der Waals surface area contributed by atoms with Crippen LogP contribution in [0.5, 0.6) is 0 Å². The maximum Gasteiger partial charge on any atom is 0.246 e. The molecule has 23 heavy (non-hydrogen) atoms. The molecule has 1 atom stereocenters.